The lowest BCUT2D eigenvalue weighted by atomic mass is 10.1. The van der Waals surface area contributed by atoms with E-state index >= 15 is 0 Å². The molecule has 2 saturated heterocycles. The van der Waals surface area contributed by atoms with E-state index in [2.05, 4.69) is 9.80 Å². The number of hydrogen-bond donors (Lipinski definition) is 1. The number of halogens is 1. The first-order valence-corrected chi connectivity index (χ1v) is 8.04. The lowest BCUT2D eigenvalue weighted by molar-refractivity contribution is 0.153. The largest absolute Gasteiger partial charge is 0.395 e. The fourth-order valence-corrected chi connectivity index (χ4v) is 3.82. The molecule has 1 aromatic rings. The molecule has 0 radical (unpaired) electrons. The van der Waals surface area contributed by atoms with E-state index in [1.165, 1.54) is 6.07 Å². The van der Waals surface area contributed by atoms with Crippen molar-refractivity contribution in [2.24, 2.45) is 0 Å². The third kappa shape index (κ3) is 2.81. The van der Waals surface area contributed by atoms with Gasteiger partial charge in [0.25, 0.3) is 0 Å². The van der Waals surface area contributed by atoms with Gasteiger partial charge < -0.3 is 10.0 Å². The van der Waals surface area contributed by atoms with Crippen molar-refractivity contribution in [3.05, 3.63) is 29.6 Å². The van der Waals surface area contributed by atoms with E-state index in [0.29, 0.717) is 11.7 Å². The summed E-state index contributed by atoms with van der Waals surface area (Å²) in [6, 6.07) is 7.41. The van der Waals surface area contributed by atoms with Crippen LogP contribution in [0, 0.1) is 17.1 Å². The summed E-state index contributed by atoms with van der Waals surface area (Å²) in [5, 5.41) is 18.7. The van der Waals surface area contributed by atoms with Crippen molar-refractivity contribution >= 4 is 5.69 Å². The summed E-state index contributed by atoms with van der Waals surface area (Å²) in [6.45, 7) is 2.97. The predicted octanol–water partition coefficient (Wildman–Crippen LogP) is 2.12. The van der Waals surface area contributed by atoms with Crippen molar-refractivity contribution in [2.45, 2.75) is 37.8 Å². The Bertz CT molecular complexity index is 572. The Morgan fingerprint density at radius 3 is 2.77 bits per heavy atom. The summed E-state index contributed by atoms with van der Waals surface area (Å²) < 4.78 is 13.9. The first-order valence-electron chi connectivity index (χ1n) is 8.04. The van der Waals surface area contributed by atoms with Crippen LogP contribution in [-0.4, -0.2) is 48.3 Å². The smallest absolute Gasteiger partial charge is 0.143 e. The highest BCUT2D eigenvalue weighted by molar-refractivity contribution is 5.61. The fraction of sp³-hybridized carbons (Fsp3) is 0.588. The minimum absolute atomic E-state index is 0.148. The van der Waals surface area contributed by atoms with Gasteiger partial charge in [0.2, 0.25) is 0 Å². The maximum absolute atomic E-state index is 13.9. The van der Waals surface area contributed by atoms with E-state index in [4.69, 9.17) is 0 Å². The number of aliphatic hydroxyl groups is 1. The summed E-state index contributed by atoms with van der Waals surface area (Å²) in [7, 11) is 0. The molecule has 1 aromatic carbocycles. The summed E-state index contributed by atoms with van der Waals surface area (Å²) in [5.74, 6) is -0.444. The van der Waals surface area contributed by atoms with Crippen molar-refractivity contribution in [3.63, 3.8) is 0 Å². The van der Waals surface area contributed by atoms with Gasteiger partial charge in [-0.2, -0.15) is 5.26 Å². The van der Waals surface area contributed by atoms with Crippen molar-refractivity contribution < 1.29 is 9.50 Å². The number of aliphatic hydroxyl groups excluding tert-OH is 1. The summed E-state index contributed by atoms with van der Waals surface area (Å²) in [4.78, 5) is 4.52. The number of nitriles is 1. The molecule has 3 rings (SSSR count). The second-order valence-corrected chi connectivity index (χ2v) is 6.21. The van der Waals surface area contributed by atoms with Gasteiger partial charge in [0.1, 0.15) is 17.4 Å². The van der Waals surface area contributed by atoms with Crippen LogP contribution in [-0.2, 0) is 0 Å². The Morgan fingerprint density at radius 1 is 1.23 bits per heavy atom. The molecule has 2 atom stereocenters. The topological polar surface area (TPSA) is 50.5 Å². The van der Waals surface area contributed by atoms with Crippen LogP contribution in [0.15, 0.2) is 18.2 Å². The molecule has 2 fully saturated rings. The third-order valence-electron chi connectivity index (χ3n) is 4.95. The van der Waals surface area contributed by atoms with Crippen LogP contribution in [0.1, 0.15) is 31.2 Å². The Hall–Kier alpha value is -1.64. The predicted molar refractivity (Wildman–Crippen MR) is 83.2 cm³/mol. The molecule has 0 aliphatic carbocycles. The van der Waals surface area contributed by atoms with Crippen molar-refractivity contribution in [2.75, 3.05) is 31.1 Å². The fourth-order valence-electron chi connectivity index (χ4n) is 3.82. The molecule has 0 saturated carbocycles. The van der Waals surface area contributed by atoms with E-state index in [0.717, 1.165) is 45.3 Å². The molecule has 0 bridgehead atoms. The molecule has 22 heavy (non-hydrogen) atoms. The number of hydrogen-bond acceptors (Lipinski definition) is 4. The van der Waals surface area contributed by atoms with E-state index in [-0.39, 0.29) is 18.2 Å². The maximum Gasteiger partial charge on any atom is 0.143 e. The van der Waals surface area contributed by atoms with E-state index in [9.17, 15) is 14.8 Å². The minimum Gasteiger partial charge on any atom is -0.395 e. The highest BCUT2D eigenvalue weighted by Crippen LogP contribution is 2.31. The van der Waals surface area contributed by atoms with E-state index < -0.39 is 5.82 Å². The molecule has 0 amide bonds. The van der Waals surface area contributed by atoms with Crippen LogP contribution in [0.2, 0.25) is 0 Å². The average Bonchev–Trinajstić information content (AvgIpc) is 3.16. The Balaban J connectivity index is 1.79. The van der Waals surface area contributed by atoms with Gasteiger partial charge in [0, 0.05) is 25.2 Å². The molecule has 2 heterocycles. The Morgan fingerprint density at radius 2 is 2.00 bits per heavy atom. The van der Waals surface area contributed by atoms with Gasteiger partial charge in [-0.3, -0.25) is 4.90 Å². The van der Waals surface area contributed by atoms with Crippen LogP contribution in [0.5, 0.6) is 0 Å². The van der Waals surface area contributed by atoms with Crippen LogP contribution in [0.3, 0.4) is 0 Å². The molecule has 0 aromatic heterocycles. The lowest BCUT2D eigenvalue weighted by Gasteiger charge is -2.33. The SMILES string of the molecule is N#Cc1c(F)cccc1N1CCC[C@@H]1CN1CCC[C@H]1CO. The van der Waals surface area contributed by atoms with Crippen LogP contribution >= 0.6 is 0 Å². The zero-order valence-corrected chi connectivity index (χ0v) is 12.7. The summed E-state index contributed by atoms with van der Waals surface area (Å²) in [5.41, 5.74) is 0.860. The Labute approximate surface area is 130 Å². The highest BCUT2D eigenvalue weighted by Gasteiger charge is 2.32. The molecule has 0 unspecified atom stereocenters. The minimum atomic E-state index is -0.444. The second kappa shape index (κ2) is 6.64. The second-order valence-electron chi connectivity index (χ2n) is 6.21. The first kappa shape index (κ1) is 15.3. The van der Waals surface area contributed by atoms with E-state index in [1.807, 2.05) is 12.1 Å². The summed E-state index contributed by atoms with van der Waals surface area (Å²) >= 11 is 0. The standard InChI is InChI=1S/C17H22FN3O/c18-16-6-1-7-17(15(16)10-19)21-9-3-4-13(21)11-20-8-2-5-14(20)12-22/h1,6-7,13-14,22H,2-5,8-9,11-12H2/t13-,14+/m1/s1. The molecule has 1 N–H and O–H groups in total. The van der Waals surface area contributed by atoms with Gasteiger partial charge in [0.05, 0.1) is 12.3 Å². The van der Waals surface area contributed by atoms with Gasteiger partial charge >= 0.3 is 0 Å². The molecule has 4 nitrogen and oxygen atoms in total. The van der Waals surface area contributed by atoms with Crippen LogP contribution in [0.4, 0.5) is 10.1 Å². The number of benzene rings is 1. The molecule has 2 aliphatic heterocycles. The van der Waals surface area contributed by atoms with Crippen molar-refractivity contribution in [1.29, 1.82) is 5.26 Å². The number of likely N-dealkylation sites (tertiary alicyclic amines) is 1. The maximum atomic E-state index is 13.9. The number of anilines is 1. The number of rotatable bonds is 4. The quantitative estimate of drug-likeness (QED) is 0.926. The third-order valence-corrected chi connectivity index (χ3v) is 4.95. The van der Waals surface area contributed by atoms with Crippen LogP contribution in [0.25, 0.3) is 0 Å². The zero-order chi connectivity index (χ0) is 15.5. The van der Waals surface area contributed by atoms with Crippen molar-refractivity contribution in [3.8, 4) is 6.07 Å². The first-order chi connectivity index (χ1) is 10.7. The van der Waals surface area contributed by atoms with Crippen LogP contribution < -0.4 is 4.90 Å². The monoisotopic (exact) mass is 303 g/mol. The number of nitrogens with zero attached hydrogens (tertiary/aromatic N) is 3. The molecule has 5 heteroatoms. The zero-order valence-electron chi connectivity index (χ0n) is 12.7. The molecular weight excluding hydrogens is 281 g/mol. The van der Waals surface area contributed by atoms with E-state index in [1.54, 1.807) is 6.07 Å². The molecular formula is C17H22FN3O. The van der Waals surface area contributed by atoms with Gasteiger partial charge in [-0.15, -0.1) is 0 Å². The summed E-state index contributed by atoms with van der Waals surface area (Å²) in [6.07, 6.45) is 4.29. The van der Waals surface area contributed by atoms with Gasteiger partial charge in [0.15, 0.2) is 0 Å². The molecule has 0 spiro atoms. The molecule has 118 valence electrons. The average molecular weight is 303 g/mol. The van der Waals surface area contributed by atoms with Gasteiger partial charge in [-0.25, -0.2) is 4.39 Å². The van der Waals surface area contributed by atoms with Gasteiger partial charge in [-0.05, 0) is 44.4 Å². The normalized spacial score (nSPS) is 25.6. The van der Waals surface area contributed by atoms with Gasteiger partial charge in [-0.1, -0.05) is 6.07 Å². The Kier molecular flexibility index (Phi) is 4.60. The lowest BCUT2D eigenvalue weighted by Crippen LogP contribution is -2.43. The van der Waals surface area contributed by atoms with Crippen molar-refractivity contribution in [1.82, 2.24) is 4.90 Å². The highest BCUT2D eigenvalue weighted by atomic mass is 19.1. The molecule has 2 aliphatic rings.